The molecular weight excluding hydrogens is 406 g/mol. The van der Waals surface area contributed by atoms with E-state index in [-0.39, 0.29) is 31.0 Å². The molecule has 1 heterocycles. The zero-order valence-corrected chi connectivity index (χ0v) is 16.3. The van der Waals surface area contributed by atoms with Crippen molar-refractivity contribution in [1.29, 1.82) is 0 Å². The average Bonchev–Trinajstić information content (AvgIpc) is 3.01. The molecule has 0 fully saturated rings. The lowest BCUT2D eigenvalue weighted by molar-refractivity contribution is -0.116. The van der Waals surface area contributed by atoms with Gasteiger partial charge in [0.05, 0.1) is 11.9 Å². The number of aromatic nitrogens is 2. The van der Waals surface area contributed by atoms with Gasteiger partial charge < -0.3 is 5.32 Å². The summed E-state index contributed by atoms with van der Waals surface area (Å²) in [5.41, 5.74) is 0.000504. The first kappa shape index (κ1) is 20.5. The summed E-state index contributed by atoms with van der Waals surface area (Å²) in [6, 6.07) is 2.83. The molecule has 2 aromatic rings. The molecule has 0 radical (unpaired) electrons. The molecule has 1 N–H and O–H groups in total. The van der Waals surface area contributed by atoms with Crippen molar-refractivity contribution >= 4 is 49.8 Å². The SMILES string of the molecule is CSc1nnc(NC(=O)CCCN(c2ccc(F)c(F)c2)S(C)(=O)=O)s1. The van der Waals surface area contributed by atoms with E-state index in [1.54, 1.807) is 0 Å². The van der Waals surface area contributed by atoms with Gasteiger partial charge in [0.2, 0.25) is 21.1 Å². The molecule has 0 saturated heterocycles. The molecule has 0 atom stereocenters. The van der Waals surface area contributed by atoms with Crippen molar-refractivity contribution in [2.75, 3.05) is 28.7 Å². The maximum absolute atomic E-state index is 13.4. The Balaban J connectivity index is 1.97. The van der Waals surface area contributed by atoms with Crippen LogP contribution in [0.25, 0.3) is 0 Å². The predicted molar refractivity (Wildman–Crippen MR) is 98.1 cm³/mol. The largest absolute Gasteiger partial charge is 0.301 e. The Morgan fingerprint density at radius 3 is 2.62 bits per heavy atom. The molecule has 0 aliphatic heterocycles. The minimum atomic E-state index is -3.71. The Kier molecular flexibility index (Phi) is 6.89. The van der Waals surface area contributed by atoms with Gasteiger partial charge in [-0.15, -0.1) is 10.2 Å². The van der Waals surface area contributed by atoms with E-state index in [1.807, 2.05) is 6.26 Å². The molecule has 0 unspecified atom stereocenters. The zero-order chi connectivity index (χ0) is 19.3. The summed E-state index contributed by atoms with van der Waals surface area (Å²) in [5, 5.41) is 10.6. The molecule has 1 aromatic heterocycles. The monoisotopic (exact) mass is 422 g/mol. The second-order valence-corrected chi connectivity index (χ2v) is 9.10. The summed E-state index contributed by atoms with van der Waals surface area (Å²) in [5.74, 6) is -2.55. The number of amides is 1. The smallest absolute Gasteiger partial charge is 0.232 e. The summed E-state index contributed by atoms with van der Waals surface area (Å²) in [6.45, 7) is -0.0521. The molecule has 1 amide bonds. The lowest BCUT2D eigenvalue weighted by atomic mass is 10.2. The molecule has 0 bridgehead atoms. The van der Waals surface area contributed by atoms with Crippen molar-refractivity contribution in [2.45, 2.75) is 17.2 Å². The van der Waals surface area contributed by atoms with Crippen molar-refractivity contribution in [3.05, 3.63) is 29.8 Å². The van der Waals surface area contributed by atoms with Gasteiger partial charge in [0.1, 0.15) is 0 Å². The number of sulfonamides is 1. The highest BCUT2D eigenvalue weighted by atomic mass is 32.2. The van der Waals surface area contributed by atoms with Gasteiger partial charge in [-0.1, -0.05) is 23.1 Å². The minimum absolute atomic E-state index is 0.000504. The Hall–Kier alpha value is -1.79. The standard InChI is InChI=1S/C14H16F2N4O3S3/c1-24-14-19-18-13(25-14)17-12(21)4-3-7-20(26(2,22)23)9-5-6-10(15)11(16)8-9/h5-6,8H,3-4,7H2,1-2H3,(H,17,18,21). The van der Waals surface area contributed by atoms with Crippen LogP contribution in [-0.4, -0.2) is 43.6 Å². The number of carbonyl (C=O) groups is 1. The normalized spacial score (nSPS) is 11.4. The van der Waals surface area contributed by atoms with E-state index in [0.717, 1.165) is 22.7 Å². The zero-order valence-electron chi connectivity index (χ0n) is 13.9. The molecule has 0 saturated carbocycles. The fourth-order valence-corrected chi connectivity index (χ4v) is 4.18. The van der Waals surface area contributed by atoms with Crippen LogP contribution in [0.2, 0.25) is 0 Å². The predicted octanol–water partition coefficient (Wildman–Crippen LogP) is 2.72. The topological polar surface area (TPSA) is 92.3 Å². The molecule has 0 aliphatic carbocycles. The quantitative estimate of drug-likeness (QED) is 0.519. The summed E-state index contributed by atoms with van der Waals surface area (Å²) < 4.78 is 51.9. The fraction of sp³-hybridized carbons (Fsp3) is 0.357. The van der Waals surface area contributed by atoms with Gasteiger partial charge in [-0.3, -0.25) is 9.10 Å². The van der Waals surface area contributed by atoms with Gasteiger partial charge in [0.15, 0.2) is 16.0 Å². The van der Waals surface area contributed by atoms with Gasteiger partial charge in [0, 0.05) is 19.0 Å². The molecule has 1 aromatic carbocycles. The number of thioether (sulfide) groups is 1. The number of hydrogen-bond acceptors (Lipinski definition) is 7. The van der Waals surface area contributed by atoms with Crippen molar-refractivity contribution < 1.29 is 22.0 Å². The molecule has 12 heteroatoms. The van der Waals surface area contributed by atoms with Gasteiger partial charge in [-0.25, -0.2) is 17.2 Å². The summed E-state index contributed by atoms with van der Waals surface area (Å²) in [4.78, 5) is 11.9. The number of halogens is 2. The van der Waals surface area contributed by atoms with E-state index in [4.69, 9.17) is 0 Å². The third-order valence-corrected chi connectivity index (χ3v) is 6.19. The first-order chi connectivity index (χ1) is 12.2. The summed E-state index contributed by atoms with van der Waals surface area (Å²) in [7, 11) is -3.71. The first-order valence-electron chi connectivity index (χ1n) is 7.31. The minimum Gasteiger partial charge on any atom is -0.301 e. The number of carbonyl (C=O) groups excluding carboxylic acids is 1. The molecule has 26 heavy (non-hydrogen) atoms. The van der Waals surface area contributed by atoms with Crippen LogP contribution in [-0.2, 0) is 14.8 Å². The molecule has 142 valence electrons. The van der Waals surface area contributed by atoms with Crippen molar-refractivity contribution in [3.8, 4) is 0 Å². The van der Waals surface area contributed by atoms with Crippen LogP contribution in [0.15, 0.2) is 22.5 Å². The van der Waals surface area contributed by atoms with Crippen LogP contribution in [0, 0.1) is 11.6 Å². The number of rotatable bonds is 8. The van der Waals surface area contributed by atoms with Gasteiger partial charge in [0.25, 0.3) is 0 Å². The van der Waals surface area contributed by atoms with E-state index < -0.39 is 21.7 Å². The summed E-state index contributed by atoms with van der Waals surface area (Å²) in [6.07, 6.45) is 3.01. The molecule has 0 aliphatic rings. The fourth-order valence-electron chi connectivity index (χ4n) is 2.03. The van der Waals surface area contributed by atoms with E-state index in [9.17, 15) is 22.0 Å². The Morgan fingerprint density at radius 2 is 2.04 bits per heavy atom. The van der Waals surface area contributed by atoms with E-state index in [2.05, 4.69) is 15.5 Å². The molecule has 2 rings (SSSR count). The summed E-state index contributed by atoms with van der Waals surface area (Å²) >= 11 is 2.63. The first-order valence-corrected chi connectivity index (χ1v) is 11.2. The van der Waals surface area contributed by atoms with Crippen LogP contribution >= 0.6 is 23.1 Å². The van der Waals surface area contributed by atoms with E-state index in [0.29, 0.717) is 9.47 Å². The second kappa shape index (κ2) is 8.73. The maximum atomic E-state index is 13.4. The second-order valence-electron chi connectivity index (χ2n) is 5.16. The van der Waals surface area contributed by atoms with Crippen molar-refractivity contribution in [1.82, 2.24) is 10.2 Å². The number of anilines is 2. The van der Waals surface area contributed by atoms with Crippen LogP contribution in [0.3, 0.4) is 0 Å². The van der Waals surface area contributed by atoms with Gasteiger partial charge in [-0.2, -0.15) is 0 Å². The highest BCUT2D eigenvalue weighted by Gasteiger charge is 2.19. The van der Waals surface area contributed by atoms with E-state index in [1.165, 1.54) is 29.2 Å². The Morgan fingerprint density at radius 1 is 1.31 bits per heavy atom. The average molecular weight is 423 g/mol. The number of hydrogen-bond donors (Lipinski definition) is 1. The maximum Gasteiger partial charge on any atom is 0.232 e. The van der Waals surface area contributed by atoms with Crippen molar-refractivity contribution in [2.24, 2.45) is 0 Å². The van der Waals surface area contributed by atoms with E-state index >= 15 is 0 Å². The molecule has 0 spiro atoms. The third-order valence-electron chi connectivity index (χ3n) is 3.18. The van der Waals surface area contributed by atoms with Crippen LogP contribution in [0.4, 0.5) is 19.6 Å². The number of nitrogens with one attached hydrogen (secondary N) is 1. The molecular formula is C14H16F2N4O3S3. The van der Waals surface area contributed by atoms with Crippen molar-refractivity contribution in [3.63, 3.8) is 0 Å². The van der Waals surface area contributed by atoms with Gasteiger partial charge in [-0.05, 0) is 24.8 Å². The highest BCUT2D eigenvalue weighted by molar-refractivity contribution is 8.00. The lowest BCUT2D eigenvalue weighted by Crippen LogP contribution is -2.31. The number of nitrogens with zero attached hydrogens (tertiary/aromatic N) is 3. The Bertz CT molecular complexity index is 889. The van der Waals surface area contributed by atoms with Crippen LogP contribution < -0.4 is 9.62 Å². The van der Waals surface area contributed by atoms with Crippen LogP contribution in [0.1, 0.15) is 12.8 Å². The highest BCUT2D eigenvalue weighted by Crippen LogP contribution is 2.24. The lowest BCUT2D eigenvalue weighted by Gasteiger charge is -2.22. The third kappa shape index (κ3) is 5.61. The van der Waals surface area contributed by atoms with Gasteiger partial charge >= 0.3 is 0 Å². The van der Waals surface area contributed by atoms with Crippen LogP contribution in [0.5, 0.6) is 0 Å². The Labute approximate surface area is 157 Å². The number of benzene rings is 1. The molecule has 7 nitrogen and oxygen atoms in total.